The van der Waals surface area contributed by atoms with Crippen molar-refractivity contribution in [2.75, 3.05) is 0 Å². The Morgan fingerprint density at radius 3 is 2.41 bits per heavy atom. The van der Waals surface area contributed by atoms with Crippen molar-refractivity contribution in [3.8, 4) is 10.6 Å². The summed E-state index contributed by atoms with van der Waals surface area (Å²) in [7, 11) is -9.27. The minimum atomic E-state index is -4.68. The van der Waals surface area contributed by atoms with Gasteiger partial charge in [-0.15, -0.1) is 11.3 Å². The second-order valence-electron chi connectivity index (χ2n) is 7.11. The number of fused-ring (bicyclic) bond motifs is 2. The van der Waals surface area contributed by atoms with Crippen LogP contribution in [0.15, 0.2) is 69.4 Å². The molecule has 166 valence electrons. The van der Waals surface area contributed by atoms with Gasteiger partial charge in [0.25, 0.3) is 20.2 Å². The van der Waals surface area contributed by atoms with Crippen molar-refractivity contribution in [3.63, 3.8) is 0 Å². The van der Waals surface area contributed by atoms with Crippen LogP contribution in [0.2, 0.25) is 0 Å². The van der Waals surface area contributed by atoms with Crippen LogP contribution in [0, 0.1) is 0 Å². The molecule has 0 atom stereocenters. The van der Waals surface area contributed by atoms with Crippen LogP contribution in [0.1, 0.15) is 18.9 Å². The first-order valence-corrected chi connectivity index (χ1v) is 13.2. The third-order valence-electron chi connectivity index (χ3n) is 4.72. The van der Waals surface area contributed by atoms with Crippen LogP contribution in [0.25, 0.3) is 20.8 Å². The SMILES string of the molecule is CCCc1ccc2sc3cc(=Nc4cc(S(=O)(=O)O)ccc4S(=O)(=O)O)ccc-3nc2c1. The molecule has 0 aromatic heterocycles. The molecule has 0 amide bonds. The third kappa shape index (κ3) is 4.71. The Morgan fingerprint density at radius 1 is 0.938 bits per heavy atom. The molecule has 2 aromatic carbocycles. The van der Waals surface area contributed by atoms with E-state index in [0.29, 0.717) is 5.36 Å². The molecule has 1 aliphatic heterocycles. The molecule has 0 unspecified atom stereocenters. The Kier molecular flexibility index (Phi) is 5.86. The number of benzene rings is 3. The second kappa shape index (κ2) is 8.34. The second-order valence-corrected chi connectivity index (χ2v) is 11.0. The normalized spacial score (nSPS) is 13.2. The molecule has 0 bridgehead atoms. The molecule has 2 N–H and O–H groups in total. The fourth-order valence-electron chi connectivity index (χ4n) is 3.28. The first-order chi connectivity index (χ1) is 15.0. The highest BCUT2D eigenvalue weighted by molar-refractivity contribution is 7.86. The highest BCUT2D eigenvalue weighted by Crippen LogP contribution is 2.31. The topological polar surface area (TPSA) is 134 Å². The number of hydrogen-bond acceptors (Lipinski definition) is 7. The van der Waals surface area contributed by atoms with Gasteiger partial charge >= 0.3 is 0 Å². The van der Waals surface area contributed by atoms with E-state index in [-0.39, 0.29) is 5.69 Å². The standard InChI is InChI=1S/C21H18N2O6S3/c1-2-3-13-4-8-19-17(10-13)23-16-7-5-14(11-20(16)30-19)22-18-12-15(31(24,25)26)6-9-21(18)32(27,28)29/h4-12H,2-3H2,1H3,(H,24,25,26)(H,27,28,29). The quantitative estimate of drug-likeness (QED) is 0.318. The molecule has 2 aliphatic rings. The molecule has 0 saturated carbocycles. The van der Waals surface area contributed by atoms with Gasteiger partial charge in [0.05, 0.1) is 36.7 Å². The van der Waals surface area contributed by atoms with Gasteiger partial charge < -0.3 is 0 Å². The van der Waals surface area contributed by atoms with Crippen molar-refractivity contribution in [1.82, 2.24) is 4.98 Å². The molecule has 11 heteroatoms. The highest BCUT2D eigenvalue weighted by atomic mass is 32.2. The van der Waals surface area contributed by atoms with Crippen molar-refractivity contribution in [1.29, 1.82) is 0 Å². The molecule has 1 aliphatic carbocycles. The van der Waals surface area contributed by atoms with E-state index in [1.165, 1.54) is 16.9 Å². The lowest BCUT2D eigenvalue weighted by molar-refractivity contribution is 0.478. The Hall–Kier alpha value is -2.70. The Bertz CT molecular complexity index is 1590. The fraction of sp³-hybridized carbons (Fsp3) is 0.143. The molecule has 0 spiro atoms. The van der Waals surface area contributed by atoms with Gasteiger partial charge in [-0.1, -0.05) is 19.4 Å². The summed E-state index contributed by atoms with van der Waals surface area (Å²) in [5.41, 5.74) is 2.51. The summed E-state index contributed by atoms with van der Waals surface area (Å²) in [5.74, 6) is 0. The average Bonchev–Trinajstić information content (AvgIpc) is 2.71. The summed E-state index contributed by atoms with van der Waals surface area (Å²) in [5, 5.41) is 0.329. The summed E-state index contributed by atoms with van der Waals surface area (Å²) >= 11 is 1.49. The Labute approximate surface area is 188 Å². The van der Waals surface area contributed by atoms with Gasteiger partial charge in [-0.2, -0.15) is 16.8 Å². The Balaban J connectivity index is 1.90. The molecule has 32 heavy (non-hydrogen) atoms. The predicted octanol–water partition coefficient (Wildman–Crippen LogP) is 4.08. The van der Waals surface area contributed by atoms with Gasteiger partial charge in [0.2, 0.25) is 0 Å². The van der Waals surface area contributed by atoms with Gasteiger partial charge in [-0.05, 0) is 60.5 Å². The summed E-state index contributed by atoms with van der Waals surface area (Å²) in [6, 6.07) is 13.8. The number of aromatic nitrogens is 1. The maximum atomic E-state index is 11.7. The molecule has 1 heterocycles. The van der Waals surface area contributed by atoms with E-state index in [9.17, 15) is 25.9 Å². The fourth-order valence-corrected chi connectivity index (χ4v) is 5.37. The zero-order valence-electron chi connectivity index (χ0n) is 16.8. The van der Waals surface area contributed by atoms with Crippen LogP contribution in [-0.4, -0.2) is 30.9 Å². The molecule has 8 nitrogen and oxygen atoms in total. The summed E-state index contributed by atoms with van der Waals surface area (Å²) < 4.78 is 66.1. The van der Waals surface area contributed by atoms with Gasteiger partial charge in [0.15, 0.2) is 0 Å². The van der Waals surface area contributed by atoms with E-state index < -0.39 is 30.0 Å². The largest absolute Gasteiger partial charge is 0.296 e. The lowest BCUT2D eigenvalue weighted by atomic mass is 10.1. The van der Waals surface area contributed by atoms with Gasteiger partial charge in [0, 0.05) is 0 Å². The maximum absolute atomic E-state index is 11.7. The summed E-state index contributed by atoms with van der Waals surface area (Å²) in [6.45, 7) is 2.12. The van der Waals surface area contributed by atoms with E-state index in [1.807, 2.05) is 6.07 Å². The van der Waals surface area contributed by atoms with E-state index >= 15 is 0 Å². The first-order valence-electron chi connectivity index (χ1n) is 9.52. The zero-order chi connectivity index (χ0) is 23.1. The average molecular weight is 491 g/mol. The van der Waals surface area contributed by atoms with Crippen LogP contribution in [-0.2, 0) is 26.7 Å². The van der Waals surface area contributed by atoms with Crippen molar-refractivity contribution in [2.24, 2.45) is 4.99 Å². The number of nitrogens with zero attached hydrogens (tertiary/aromatic N) is 2. The van der Waals surface area contributed by atoms with Crippen LogP contribution in [0.5, 0.6) is 0 Å². The molecule has 4 rings (SSSR count). The van der Waals surface area contributed by atoms with Crippen molar-refractivity contribution >= 4 is 47.5 Å². The van der Waals surface area contributed by atoms with Crippen LogP contribution in [0.4, 0.5) is 5.69 Å². The van der Waals surface area contributed by atoms with Crippen LogP contribution >= 0.6 is 11.3 Å². The number of hydrogen-bond donors (Lipinski definition) is 2. The Morgan fingerprint density at radius 2 is 1.72 bits per heavy atom. The first kappa shape index (κ1) is 22.5. The molecule has 0 radical (unpaired) electrons. The molecular formula is C21H18N2O6S3. The number of aryl methyl sites for hydroxylation is 1. The van der Waals surface area contributed by atoms with Crippen molar-refractivity contribution in [3.05, 3.63) is 65.5 Å². The van der Waals surface area contributed by atoms with Crippen molar-refractivity contribution < 1.29 is 25.9 Å². The van der Waals surface area contributed by atoms with E-state index in [1.54, 1.807) is 18.2 Å². The van der Waals surface area contributed by atoms with Crippen LogP contribution < -0.4 is 5.36 Å². The molecule has 0 saturated heterocycles. The molecule has 0 fully saturated rings. The predicted molar refractivity (Wildman–Crippen MR) is 122 cm³/mol. The lowest BCUT2D eigenvalue weighted by Gasteiger charge is -2.08. The summed E-state index contributed by atoms with van der Waals surface area (Å²) in [6.07, 6.45) is 2.01. The van der Waals surface area contributed by atoms with Gasteiger partial charge in [-0.25, -0.2) is 9.98 Å². The van der Waals surface area contributed by atoms with Crippen LogP contribution in [0.3, 0.4) is 0 Å². The number of rotatable bonds is 5. The molecular weight excluding hydrogens is 472 g/mol. The third-order valence-corrected chi connectivity index (χ3v) is 7.58. The zero-order valence-corrected chi connectivity index (χ0v) is 19.2. The van der Waals surface area contributed by atoms with E-state index in [4.69, 9.17) is 4.98 Å². The van der Waals surface area contributed by atoms with Gasteiger partial charge in [0.1, 0.15) is 4.90 Å². The minimum Gasteiger partial charge on any atom is -0.282 e. The van der Waals surface area contributed by atoms with E-state index in [2.05, 4.69) is 24.0 Å². The van der Waals surface area contributed by atoms with Crippen molar-refractivity contribution in [2.45, 2.75) is 29.6 Å². The minimum absolute atomic E-state index is 0.315. The van der Waals surface area contributed by atoms with Gasteiger partial charge in [-0.3, -0.25) is 9.11 Å². The smallest absolute Gasteiger partial charge is 0.282 e. The lowest BCUT2D eigenvalue weighted by Crippen LogP contribution is -2.05. The molecule has 2 aromatic rings. The maximum Gasteiger partial charge on any atom is 0.296 e. The highest BCUT2D eigenvalue weighted by Gasteiger charge is 2.19. The van der Waals surface area contributed by atoms with E-state index in [0.717, 1.165) is 51.8 Å². The monoisotopic (exact) mass is 490 g/mol. The summed E-state index contributed by atoms with van der Waals surface area (Å²) in [4.78, 5) is 8.59.